The number of halogens is 1. The number of hydrogen-bond acceptors (Lipinski definition) is 4. The van der Waals surface area contributed by atoms with Gasteiger partial charge in [0.25, 0.3) is 0 Å². The maximum atomic E-state index is 13.1. The zero-order chi connectivity index (χ0) is 14.8. The largest absolute Gasteiger partial charge is 0.381 e. The zero-order valence-electron chi connectivity index (χ0n) is 12.0. The molecule has 2 aliphatic rings. The van der Waals surface area contributed by atoms with Gasteiger partial charge in [-0.1, -0.05) is 0 Å². The normalized spacial score (nSPS) is 28.2. The average molecular weight is 290 g/mol. The maximum Gasteiger partial charge on any atom is 0.141 e. The molecule has 3 heterocycles. The first kappa shape index (κ1) is 14.4. The Kier molecular flexibility index (Phi) is 3.92. The van der Waals surface area contributed by atoms with Crippen LogP contribution in [0.4, 0.5) is 4.39 Å². The summed E-state index contributed by atoms with van der Waals surface area (Å²) in [5.74, 6) is -0.348. The van der Waals surface area contributed by atoms with E-state index in [1.165, 1.54) is 12.3 Å². The van der Waals surface area contributed by atoms with Gasteiger partial charge in [0.15, 0.2) is 0 Å². The van der Waals surface area contributed by atoms with E-state index in [0.29, 0.717) is 26.2 Å². The molecule has 1 atom stereocenters. The van der Waals surface area contributed by atoms with Gasteiger partial charge in [0.1, 0.15) is 5.82 Å². The quantitative estimate of drug-likeness (QED) is 0.840. The van der Waals surface area contributed by atoms with Gasteiger partial charge >= 0.3 is 0 Å². The van der Waals surface area contributed by atoms with Gasteiger partial charge in [-0.15, -0.1) is 0 Å². The van der Waals surface area contributed by atoms with Crippen LogP contribution in [0.2, 0.25) is 0 Å². The van der Waals surface area contributed by atoms with E-state index in [1.807, 2.05) is 0 Å². The summed E-state index contributed by atoms with van der Waals surface area (Å²) in [7, 11) is 0. The van der Waals surface area contributed by atoms with Crippen LogP contribution in [-0.2, 0) is 14.9 Å². The van der Waals surface area contributed by atoms with Gasteiger partial charge in [0.05, 0.1) is 17.9 Å². The Morgan fingerprint density at radius 3 is 2.71 bits per heavy atom. The lowest BCUT2D eigenvalue weighted by molar-refractivity contribution is -0.153. The van der Waals surface area contributed by atoms with Crippen LogP contribution >= 0.6 is 0 Å². The lowest BCUT2D eigenvalue weighted by Gasteiger charge is -2.48. The van der Waals surface area contributed by atoms with Crippen LogP contribution in [-0.4, -0.2) is 30.4 Å². The Bertz CT molecular complexity index is 529. The summed E-state index contributed by atoms with van der Waals surface area (Å²) < 4.78 is 24.6. The first-order valence-corrected chi connectivity index (χ1v) is 7.39. The lowest BCUT2D eigenvalue weighted by atomic mass is 9.67. The van der Waals surface area contributed by atoms with Crippen molar-refractivity contribution in [1.29, 1.82) is 5.26 Å². The number of hydrogen-bond donors (Lipinski definition) is 0. The molecule has 2 saturated heterocycles. The standard InChI is InChI=1S/C16H19FN2O2/c17-13-1-2-14(19-11-13)15(3-7-18)4-10-21-16(12-15)5-8-20-9-6-16/h1-2,11H,3-6,8-10,12H2/t15-/m0/s1. The van der Waals surface area contributed by atoms with E-state index in [2.05, 4.69) is 11.1 Å². The first-order valence-electron chi connectivity index (χ1n) is 7.39. The van der Waals surface area contributed by atoms with Crippen molar-refractivity contribution in [2.24, 2.45) is 0 Å². The third kappa shape index (κ3) is 2.78. The van der Waals surface area contributed by atoms with Crippen LogP contribution in [0, 0.1) is 17.1 Å². The monoisotopic (exact) mass is 290 g/mol. The molecule has 0 unspecified atom stereocenters. The highest BCUT2D eigenvalue weighted by atomic mass is 19.1. The summed E-state index contributed by atoms with van der Waals surface area (Å²) in [4.78, 5) is 4.26. The summed E-state index contributed by atoms with van der Waals surface area (Å²) in [6, 6.07) is 5.43. The second-order valence-electron chi connectivity index (χ2n) is 6.05. The van der Waals surface area contributed by atoms with E-state index in [-0.39, 0.29) is 16.8 Å². The number of ether oxygens (including phenoxy) is 2. The van der Waals surface area contributed by atoms with Crippen molar-refractivity contribution in [3.05, 3.63) is 29.8 Å². The van der Waals surface area contributed by atoms with Crippen molar-refractivity contribution < 1.29 is 13.9 Å². The molecule has 0 aromatic carbocycles. The Labute approximate surface area is 123 Å². The summed E-state index contributed by atoms with van der Waals surface area (Å²) in [5.41, 5.74) is 0.251. The minimum Gasteiger partial charge on any atom is -0.381 e. The molecule has 2 fully saturated rings. The molecule has 3 rings (SSSR count). The molecule has 1 spiro atoms. The number of rotatable bonds is 2. The molecule has 0 aliphatic carbocycles. The zero-order valence-corrected chi connectivity index (χ0v) is 12.0. The summed E-state index contributed by atoms with van der Waals surface area (Å²) >= 11 is 0. The first-order chi connectivity index (χ1) is 10.2. The predicted octanol–water partition coefficient (Wildman–Crippen LogP) is 2.73. The minimum atomic E-state index is -0.348. The summed E-state index contributed by atoms with van der Waals surface area (Å²) in [6.07, 6.45) is 4.83. The second-order valence-corrected chi connectivity index (χ2v) is 6.05. The van der Waals surface area contributed by atoms with Crippen LogP contribution in [0.3, 0.4) is 0 Å². The Morgan fingerprint density at radius 2 is 2.05 bits per heavy atom. The predicted molar refractivity (Wildman–Crippen MR) is 74.1 cm³/mol. The SMILES string of the molecule is N#CC[C@]1(c2ccc(F)cn2)CCOC2(CCOCC2)C1. The highest BCUT2D eigenvalue weighted by molar-refractivity contribution is 5.22. The van der Waals surface area contributed by atoms with Gasteiger partial charge in [-0.25, -0.2) is 4.39 Å². The van der Waals surface area contributed by atoms with Crippen LogP contribution < -0.4 is 0 Å². The highest BCUT2D eigenvalue weighted by Crippen LogP contribution is 2.46. The highest BCUT2D eigenvalue weighted by Gasteiger charge is 2.48. The van der Waals surface area contributed by atoms with E-state index in [4.69, 9.17) is 9.47 Å². The minimum absolute atomic E-state index is 0.219. The Morgan fingerprint density at radius 1 is 1.24 bits per heavy atom. The van der Waals surface area contributed by atoms with Crippen LogP contribution in [0.15, 0.2) is 18.3 Å². The molecule has 0 saturated carbocycles. The lowest BCUT2D eigenvalue weighted by Crippen LogP contribution is -2.50. The van der Waals surface area contributed by atoms with Gasteiger partial charge in [0, 0.05) is 37.4 Å². The topological polar surface area (TPSA) is 55.1 Å². The molecule has 0 radical (unpaired) electrons. The molecule has 0 amide bonds. The molecule has 1 aromatic rings. The molecule has 0 N–H and O–H groups in total. The van der Waals surface area contributed by atoms with Crippen molar-refractivity contribution in [1.82, 2.24) is 4.98 Å². The Hall–Kier alpha value is -1.51. The molecular weight excluding hydrogens is 271 g/mol. The maximum absolute atomic E-state index is 13.1. The van der Waals surface area contributed by atoms with E-state index < -0.39 is 0 Å². The Balaban J connectivity index is 1.93. The fourth-order valence-corrected chi connectivity index (χ4v) is 3.58. The van der Waals surface area contributed by atoms with E-state index >= 15 is 0 Å². The number of nitriles is 1. The molecule has 4 nitrogen and oxygen atoms in total. The molecule has 21 heavy (non-hydrogen) atoms. The van der Waals surface area contributed by atoms with Crippen LogP contribution in [0.1, 0.15) is 37.8 Å². The second kappa shape index (κ2) is 5.70. The van der Waals surface area contributed by atoms with Crippen LogP contribution in [0.5, 0.6) is 0 Å². The fraction of sp³-hybridized carbons (Fsp3) is 0.625. The third-order valence-electron chi connectivity index (χ3n) is 4.74. The fourth-order valence-electron chi connectivity index (χ4n) is 3.58. The van der Waals surface area contributed by atoms with Crippen molar-refractivity contribution in [2.75, 3.05) is 19.8 Å². The summed E-state index contributed by atoms with van der Waals surface area (Å²) in [6.45, 7) is 2.00. The van der Waals surface area contributed by atoms with Crippen molar-refractivity contribution in [3.63, 3.8) is 0 Å². The van der Waals surface area contributed by atoms with Gasteiger partial charge in [-0.05, 0) is 37.8 Å². The van der Waals surface area contributed by atoms with Crippen molar-refractivity contribution >= 4 is 0 Å². The number of pyridine rings is 1. The van der Waals surface area contributed by atoms with Crippen LogP contribution in [0.25, 0.3) is 0 Å². The van der Waals surface area contributed by atoms with Gasteiger partial charge in [-0.3, -0.25) is 4.98 Å². The van der Waals surface area contributed by atoms with E-state index in [0.717, 1.165) is 31.4 Å². The molecule has 0 bridgehead atoms. The van der Waals surface area contributed by atoms with Gasteiger partial charge in [-0.2, -0.15) is 5.26 Å². The molecule has 2 aliphatic heterocycles. The van der Waals surface area contributed by atoms with Crippen molar-refractivity contribution in [2.45, 2.75) is 43.1 Å². The average Bonchev–Trinajstić information content (AvgIpc) is 2.49. The molecule has 5 heteroatoms. The van der Waals surface area contributed by atoms with Crippen molar-refractivity contribution in [3.8, 4) is 6.07 Å². The van der Waals surface area contributed by atoms with E-state index in [9.17, 15) is 9.65 Å². The third-order valence-corrected chi connectivity index (χ3v) is 4.74. The molecule has 112 valence electrons. The van der Waals surface area contributed by atoms with Gasteiger partial charge in [0.2, 0.25) is 0 Å². The number of aromatic nitrogens is 1. The summed E-state index contributed by atoms with van der Waals surface area (Å²) in [5, 5.41) is 9.27. The van der Waals surface area contributed by atoms with Gasteiger partial charge < -0.3 is 9.47 Å². The molecule has 1 aromatic heterocycles. The van der Waals surface area contributed by atoms with E-state index in [1.54, 1.807) is 6.07 Å². The molecular formula is C16H19FN2O2. The number of nitrogens with zero attached hydrogens (tertiary/aromatic N) is 2. The smallest absolute Gasteiger partial charge is 0.141 e.